The first kappa shape index (κ1) is 18.4. The van der Waals surface area contributed by atoms with Crippen molar-refractivity contribution < 1.29 is 4.79 Å². The quantitative estimate of drug-likeness (QED) is 0.906. The van der Waals surface area contributed by atoms with Crippen LogP contribution >= 0.6 is 0 Å². The van der Waals surface area contributed by atoms with Crippen LogP contribution < -0.4 is 10.9 Å². The molecule has 6 heteroatoms. The summed E-state index contributed by atoms with van der Waals surface area (Å²) in [7, 11) is 0. The fourth-order valence-electron chi connectivity index (χ4n) is 2.61. The van der Waals surface area contributed by atoms with Gasteiger partial charge in [-0.1, -0.05) is 36.8 Å². The molecule has 1 N–H and O–H groups in total. The molecule has 25 heavy (non-hydrogen) atoms. The third-order valence-corrected chi connectivity index (χ3v) is 4.27. The fourth-order valence-corrected chi connectivity index (χ4v) is 2.61. The summed E-state index contributed by atoms with van der Waals surface area (Å²) in [6, 6.07) is 9.73. The molecule has 0 spiro atoms. The van der Waals surface area contributed by atoms with Gasteiger partial charge in [0.15, 0.2) is 0 Å². The first-order valence-corrected chi connectivity index (χ1v) is 8.21. The number of rotatable bonds is 5. The second-order valence-electron chi connectivity index (χ2n) is 6.10. The van der Waals surface area contributed by atoms with Gasteiger partial charge in [0, 0.05) is 0 Å². The minimum absolute atomic E-state index is 0.0332. The van der Waals surface area contributed by atoms with Crippen molar-refractivity contribution in [3.05, 3.63) is 62.6 Å². The molecular formula is C19H22N4O2. The Morgan fingerprint density at radius 3 is 2.48 bits per heavy atom. The average molecular weight is 338 g/mol. The molecule has 0 aliphatic carbocycles. The van der Waals surface area contributed by atoms with Gasteiger partial charge in [0.25, 0.3) is 5.56 Å². The lowest BCUT2D eigenvalue weighted by atomic mass is 10.0. The Labute approximate surface area is 147 Å². The topological polar surface area (TPSA) is 87.8 Å². The van der Waals surface area contributed by atoms with Crippen LogP contribution in [0.25, 0.3) is 0 Å². The summed E-state index contributed by atoms with van der Waals surface area (Å²) in [4.78, 5) is 24.6. The normalized spacial score (nSPS) is 11.6. The van der Waals surface area contributed by atoms with Gasteiger partial charge in [-0.05, 0) is 38.3 Å². The minimum Gasteiger partial charge on any atom is -0.348 e. The van der Waals surface area contributed by atoms with E-state index in [-0.39, 0.29) is 24.1 Å². The first-order chi connectivity index (χ1) is 11.9. The monoisotopic (exact) mass is 338 g/mol. The maximum absolute atomic E-state index is 12.4. The van der Waals surface area contributed by atoms with Gasteiger partial charge in [-0.2, -0.15) is 10.4 Å². The Kier molecular flexibility index (Phi) is 5.71. The third-order valence-electron chi connectivity index (χ3n) is 4.27. The lowest BCUT2D eigenvalue weighted by Gasteiger charge is -2.18. The molecule has 0 aliphatic rings. The van der Waals surface area contributed by atoms with Gasteiger partial charge in [0.1, 0.15) is 18.2 Å². The molecule has 6 nitrogen and oxygen atoms in total. The van der Waals surface area contributed by atoms with Crippen molar-refractivity contribution in [3.63, 3.8) is 0 Å². The molecule has 0 aliphatic heterocycles. The van der Waals surface area contributed by atoms with Gasteiger partial charge in [-0.15, -0.1) is 0 Å². The minimum atomic E-state index is -0.538. The summed E-state index contributed by atoms with van der Waals surface area (Å²) in [6.07, 6.45) is 0.730. The van der Waals surface area contributed by atoms with Gasteiger partial charge in [-0.3, -0.25) is 9.59 Å². The number of aromatic nitrogens is 2. The van der Waals surface area contributed by atoms with Gasteiger partial charge >= 0.3 is 0 Å². The van der Waals surface area contributed by atoms with Gasteiger partial charge in [0.2, 0.25) is 5.91 Å². The molecular weight excluding hydrogens is 316 g/mol. The predicted octanol–water partition coefficient (Wildman–Crippen LogP) is 2.31. The SMILES string of the molecule is CC[C@@H](NC(=O)Cn1nc(C)c(C)c(C#N)c1=O)c1ccc(C)cc1. The molecule has 0 fully saturated rings. The molecule has 2 rings (SSSR count). The van der Waals surface area contributed by atoms with E-state index in [4.69, 9.17) is 5.26 Å². The Morgan fingerprint density at radius 1 is 1.28 bits per heavy atom. The van der Waals surface area contributed by atoms with E-state index in [2.05, 4.69) is 10.4 Å². The summed E-state index contributed by atoms with van der Waals surface area (Å²) in [5.74, 6) is -0.311. The number of amides is 1. The van der Waals surface area contributed by atoms with Crippen LogP contribution in [0.2, 0.25) is 0 Å². The number of carbonyl (C=O) groups excluding carboxylic acids is 1. The van der Waals surface area contributed by atoms with Crippen molar-refractivity contribution >= 4 is 5.91 Å². The molecule has 1 atom stereocenters. The number of aryl methyl sites for hydroxylation is 2. The van der Waals surface area contributed by atoms with E-state index >= 15 is 0 Å². The molecule has 1 amide bonds. The summed E-state index contributed by atoms with van der Waals surface area (Å²) in [5, 5.41) is 16.2. The zero-order chi connectivity index (χ0) is 18.6. The number of hydrogen-bond donors (Lipinski definition) is 1. The highest BCUT2D eigenvalue weighted by atomic mass is 16.2. The second-order valence-corrected chi connectivity index (χ2v) is 6.10. The molecule has 0 bridgehead atoms. The van der Waals surface area contributed by atoms with E-state index in [1.165, 1.54) is 0 Å². The van der Waals surface area contributed by atoms with E-state index in [1.807, 2.05) is 44.2 Å². The largest absolute Gasteiger partial charge is 0.348 e. The van der Waals surface area contributed by atoms with E-state index in [9.17, 15) is 9.59 Å². The van der Waals surface area contributed by atoms with Crippen molar-refractivity contribution in [2.24, 2.45) is 0 Å². The summed E-state index contributed by atoms with van der Waals surface area (Å²) < 4.78 is 1.05. The lowest BCUT2D eigenvalue weighted by molar-refractivity contribution is -0.122. The zero-order valence-corrected chi connectivity index (χ0v) is 15.0. The van der Waals surface area contributed by atoms with Crippen LogP contribution in [0.3, 0.4) is 0 Å². The van der Waals surface area contributed by atoms with Crippen molar-refractivity contribution in [2.75, 3.05) is 0 Å². The van der Waals surface area contributed by atoms with Crippen LogP contribution in [0.1, 0.15) is 47.3 Å². The summed E-state index contributed by atoms with van der Waals surface area (Å²) in [5.41, 5.74) is 2.78. The summed E-state index contributed by atoms with van der Waals surface area (Å²) in [6.45, 7) is 7.17. The Hall–Kier alpha value is -2.94. The van der Waals surface area contributed by atoms with Crippen LogP contribution in [0.4, 0.5) is 0 Å². The highest BCUT2D eigenvalue weighted by molar-refractivity contribution is 5.76. The highest BCUT2D eigenvalue weighted by Crippen LogP contribution is 2.17. The molecule has 0 unspecified atom stereocenters. The smallest absolute Gasteiger partial charge is 0.285 e. The Balaban J connectivity index is 2.20. The zero-order valence-electron chi connectivity index (χ0n) is 15.0. The molecule has 0 saturated heterocycles. The van der Waals surface area contributed by atoms with Crippen molar-refractivity contribution in [2.45, 2.75) is 46.7 Å². The molecule has 1 aromatic heterocycles. The maximum Gasteiger partial charge on any atom is 0.285 e. The van der Waals surface area contributed by atoms with Crippen LogP contribution in [-0.4, -0.2) is 15.7 Å². The molecule has 1 heterocycles. The first-order valence-electron chi connectivity index (χ1n) is 8.21. The third kappa shape index (κ3) is 4.13. The van der Waals surface area contributed by atoms with Crippen LogP contribution in [0.5, 0.6) is 0 Å². The van der Waals surface area contributed by atoms with Crippen LogP contribution in [-0.2, 0) is 11.3 Å². The van der Waals surface area contributed by atoms with Gasteiger partial charge in [-0.25, -0.2) is 4.68 Å². The second kappa shape index (κ2) is 7.75. The van der Waals surface area contributed by atoms with Crippen molar-refractivity contribution in [1.82, 2.24) is 15.1 Å². The standard InChI is InChI=1S/C19H22N4O2/c1-5-17(15-8-6-12(2)7-9-15)21-18(24)11-23-19(25)16(10-20)13(3)14(4)22-23/h6-9,17H,5,11H2,1-4H3,(H,21,24)/t17-/m1/s1. The molecule has 130 valence electrons. The lowest BCUT2D eigenvalue weighted by Crippen LogP contribution is -2.37. The average Bonchev–Trinajstić information content (AvgIpc) is 2.59. The van der Waals surface area contributed by atoms with Crippen molar-refractivity contribution in [3.8, 4) is 6.07 Å². The maximum atomic E-state index is 12.4. The number of nitrogens with zero attached hydrogens (tertiary/aromatic N) is 3. The Morgan fingerprint density at radius 2 is 1.92 bits per heavy atom. The van der Waals surface area contributed by atoms with Gasteiger partial charge < -0.3 is 5.32 Å². The number of carbonyl (C=O) groups is 1. The number of nitrogens with one attached hydrogen (secondary N) is 1. The molecule has 2 aromatic rings. The van der Waals surface area contributed by atoms with Crippen LogP contribution in [0, 0.1) is 32.1 Å². The van der Waals surface area contributed by atoms with Gasteiger partial charge in [0.05, 0.1) is 11.7 Å². The summed E-state index contributed by atoms with van der Waals surface area (Å²) >= 11 is 0. The fraction of sp³-hybridized carbons (Fsp3) is 0.368. The van der Waals surface area contributed by atoms with Crippen molar-refractivity contribution in [1.29, 1.82) is 5.26 Å². The molecule has 0 saturated carbocycles. The van der Waals surface area contributed by atoms with E-state index in [1.54, 1.807) is 13.8 Å². The van der Waals surface area contributed by atoms with Crippen LogP contribution in [0.15, 0.2) is 29.1 Å². The number of benzene rings is 1. The van der Waals surface area contributed by atoms with E-state index < -0.39 is 5.56 Å². The Bertz CT molecular complexity index is 876. The number of hydrogen-bond acceptors (Lipinski definition) is 4. The number of nitriles is 1. The molecule has 1 aromatic carbocycles. The van der Waals surface area contributed by atoms with E-state index in [0.717, 1.165) is 22.2 Å². The molecule has 0 radical (unpaired) electrons. The predicted molar refractivity (Wildman–Crippen MR) is 95.0 cm³/mol. The van der Waals surface area contributed by atoms with E-state index in [0.29, 0.717) is 11.3 Å². The highest BCUT2D eigenvalue weighted by Gasteiger charge is 2.16.